The first-order chi connectivity index (χ1) is 10.2. The normalized spacial score (nSPS) is 13.2. The van der Waals surface area contributed by atoms with E-state index in [9.17, 15) is 14.7 Å². The van der Waals surface area contributed by atoms with E-state index >= 15 is 0 Å². The van der Waals surface area contributed by atoms with E-state index in [4.69, 9.17) is 0 Å². The van der Waals surface area contributed by atoms with Crippen molar-refractivity contribution in [2.75, 3.05) is 0 Å². The van der Waals surface area contributed by atoms with Crippen LogP contribution in [0.3, 0.4) is 0 Å². The van der Waals surface area contributed by atoms with Gasteiger partial charge in [-0.25, -0.2) is 0 Å². The number of carbonyl (C=O) groups is 2. The Morgan fingerprint density at radius 1 is 0.952 bits per heavy atom. The van der Waals surface area contributed by atoms with Crippen LogP contribution in [0, 0.1) is 0 Å². The molecule has 0 atom stereocenters. The standard InChI is InChI=1S/C17H13NO3/c19-15-12-8-4-5-9-13(12)16(20)14(15)17(21)18-10-11-6-2-1-3-7-11/h1-9,19H,10H2,(H,18,21). The van der Waals surface area contributed by atoms with E-state index in [1.807, 2.05) is 30.3 Å². The van der Waals surface area contributed by atoms with E-state index in [2.05, 4.69) is 5.32 Å². The molecular formula is C17H13NO3. The lowest BCUT2D eigenvalue weighted by Gasteiger charge is -2.05. The van der Waals surface area contributed by atoms with Crippen LogP contribution in [0.15, 0.2) is 60.2 Å². The predicted molar refractivity (Wildman–Crippen MR) is 78.6 cm³/mol. The fourth-order valence-corrected chi connectivity index (χ4v) is 2.34. The quantitative estimate of drug-likeness (QED) is 0.848. The van der Waals surface area contributed by atoms with Crippen molar-refractivity contribution in [2.45, 2.75) is 6.54 Å². The molecule has 4 nitrogen and oxygen atoms in total. The van der Waals surface area contributed by atoms with Gasteiger partial charge in [0.1, 0.15) is 11.3 Å². The highest BCUT2D eigenvalue weighted by molar-refractivity contribution is 6.33. The van der Waals surface area contributed by atoms with Gasteiger partial charge in [0.15, 0.2) is 0 Å². The summed E-state index contributed by atoms with van der Waals surface area (Å²) in [5.41, 5.74) is 1.51. The average Bonchev–Trinajstić information content (AvgIpc) is 2.78. The summed E-state index contributed by atoms with van der Waals surface area (Å²) >= 11 is 0. The topological polar surface area (TPSA) is 66.4 Å². The lowest BCUT2D eigenvalue weighted by molar-refractivity contribution is -0.117. The first-order valence-electron chi connectivity index (χ1n) is 6.58. The van der Waals surface area contributed by atoms with Gasteiger partial charge in [-0.15, -0.1) is 0 Å². The van der Waals surface area contributed by atoms with Crippen molar-refractivity contribution in [3.8, 4) is 0 Å². The third kappa shape index (κ3) is 2.31. The number of amides is 1. The number of Topliss-reactive ketones (excluding diaryl/α,β-unsaturated/α-hetero) is 1. The van der Waals surface area contributed by atoms with Gasteiger partial charge < -0.3 is 10.4 Å². The van der Waals surface area contributed by atoms with E-state index in [-0.39, 0.29) is 11.3 Å². The molecule has 0 saturated carbocycles. The van der Waals surface area contributed by atoms with Gasteiger partial charge in [-0.2, -0.15) is 0 Å². The first-order valence-corrected chi connectivity index (χ1v) is 6.58. The molecule has 0 fully saturated rings. The SMILES string of the molecule is O=C(NCc1ccccc1)C1=C(O)c2ccccc2C1=O. The van der Waals surface area contributed by atoms with Gasteiger partial charge in [-0.1, -0.05) is 54.6 Å². The summed E-state index contributed by atoms with van der Waals surface area (Å²) in [7, 11) is 0. The minimum absolute atomic E-state index is 0.188. The molecule has 0 saturated heterocycles. The molecule has 1 aliphatic rings. The van der Waals surface area contributed by atoms with Crippen molar-refractivity contribution in [1.82, 2.24) is 5.32 Å². The minimum Gasteiger partial charge on any atom is -0.506 e. The summed E-state index contributed by atoms with van der Waals surface area (Å²) in [6.45, 7) is 0.306. The molecule has 21 heavy (non-hydrogen) atoms. The molecule has 0 radical (unpaired) electrons. The molecule has 0 spiro atoms. The zero-order valence-corrected chi connectivity index (χ0v) is 11.2. The number of rotatable bonds is 3. The Bertz CT molecular complexity index is 748. The van der Waals surface area contributed by atoms with Crippen LogP contribution in [0.2, 0.25) is 0 Å². The summed E-state index contributed by atoms with van der Waals surface area (Å²) in [5.74, 6) is -1.24. The number of aliphatic hydroxyl groups is 1. The van der Waals surface area contributed by atoms with E-state index in [1.165, 1.54) is 0 Å². The predicted octanol–water partition coefficient (Wildman–Crippen LogP) is 2.47. The molecule has 2 N–H and O–H groups in total. The van der Waals surface area contributed by atoms with E-state index in [0.717, 1.165) is 5.56 Å². The molecule has 0 aromatic heterocycles. The Morgan fingerprint density at radius 3 is 2.24 bits per heavy atom. The maximum absolute atomic E-state index is 12.2. The Hall–Kier alpha value is -2.88. The third-order valence-electron chi connectivity index (χ3n) is 3.41. The second-order valence-corrected chi connectivity index (χ2v) is 4.77. The molecule has 0 heterocycles. The molecule has 104 valence electrons. The zero-order chi connectivity index (χ0) is 14.8. The molecule has 1 amide bonds. The van der Waals surface area contributed by atoms with Crippen LogP contribution in [0.1, 0.15) is 21.5 Å². The molecule has 0 bridgehead atoms. The molecule has 2 aromatic carbocycles. The molecule has 2 aromatic rings. The average molecular weight is 279 g/mol. The maximum atomic E-state index is 12.2. The summed E-state index contributed by atoms with van der Waals surface area (Å²) in [6, 6.07) is 16.0. The van der Waals surface area contributed by atoms with Crippen LogP contribution in [0.4, 0.5) is 0 Å². The van der Waals surface area contributed by atoms with E-state index < -0.39 is 11.7 Å². The Kier molecular flexibility index (Phi) is 3.28. The minimum atomic E-state index is -0.558. The molecule has 0 aliphatic heterocycles. The molecule has 1 aliphatic carbocycles. The highest BCUT2D eigenvalue weighted by Crippen LogP contribution is 2.30. The molecule has 3 rings (SSSR count). The van der Waals surface area contributed by atoms with Crippen LogP contribution in [0.5, 0.6) is 0 Å². The number of carbonyl (C=O) groups excluding carboxylic acids is 2. The number of hydrogen-bond acceptors (Lipinski definition) is 3. The van der Waals surface area contributed by atoms with Crippen molar-refractivity contribution in [1.29, 1.82) is 0 Å². The fraction of sp³-hybridized carbons (Fsp3) is 0.0588. The van der Waals surface area contributed by atoms with Crippen LogP contribution in [-0.2, 0) is 11.3 Å². The van der Waals surface area contributed by atoms with Crippen molar-refractivity contribution < 1.29 is 14.7 Å². The van der Waals surface area contributed by atoms with Gasteiger partial charge in [0, 0.05) is 17.7 Å². The maximum Gasteiger partial charge on any atom is 0.259 e. The lowest BCUT2D eigenvalue weighted by atomic mass is 10.1. The molecular weight excluding hydrogens is 266 g/mol. The van der Waals surface area contributed by atoms with Gasteiger partial charge in [0.2, 0.25) is 5.78 Å². The van der Waals surface area contributed by atoms with E-state index in [0.29, 0.717) is 17.7 Å². The van der Waals surface area contributed by atoms with Crippen molar-refractivity contribution in [2.24, 2.45) is 0 Å². The second-order valence-electron chi connectivity index (χ2n) is 4.77. The summed E-state index contributed by atoms with van der Waals surface area (Å²) < 4.78 is 0. The van der Waals surface area contributed by atoms with Gasteiger partial charge in [-0.3, -0.25) is 9.59 Å². The highest BCUT2D eigenvalue weighted by Gasteiger charge is 2.33. The smallest absolute Gasteiger partial charge is 0.259 e. The largest absolute Gasteiger partial charge is 0.506 e. The van der Waals surface area contributed by atoms with Crippen LogP contribution in [0.25, 0.3) is 5.76 Å². The number of hydrogen-bond donors (Lipinski definition) is 2. The van der Waals surface area contributed by atoms with Gasteiger partial charge >= 0.3 is 0 Å². The summed E-state index contributed by atoms with van der Waals surface area (Å²) in [5, 5.41) is 12.7. The number of nitrogens with one attached hydrogen (secondary N) is 1. The Labute approximate surface area is 121 Å². The monoisotopic (exact) mass is 279 g/mol. The third-order valence-corrected chi connectivity index (χ3v) is 3.41. The number of fused-ring (bicyclic) bond motifs is 1. The van der Waals surface area contributed by atoms with Crippen molar-refractivity contribution >= 4 is 17.4 Å². The number of ketones is 1. The lowest BCUT2D eigenvalue weighted by Crippen LogP contribution is -2.27. The highest BCUT2D eigenvalue weighted by atomic mass is 16.3. The number of benzene rings is 2. The van der Waals surface area contributed by atoms with E-state index in [1.54, 1.807) is 24.3 Å². The fourth-order valence-electron chi connectivity index (χ4n) is 2.34. The Balaban J connectivity index is 1.80. The van der Waals surface area contributed by atoms with Gasteiger partial charge in [-0.05, 0) is 5.56 Å². The van der Waals surface area contributed by atoms with Gasteiger partial charge in [0.05, 0.1) is 0 Å². The number of aliphatic hydroxyl groups excluding tert-OH is 1. The summed E-state index contributed by atoms with van der Waals surface area (Å²) in [6.07, 6.45) is 0. The second kappa shape index (κ2) is 5.25. The van der Waals surface area contributed by atoms with Gasteiger partial charge in [0.25, 0.3) is 5.91 Å². The molecule has 0 unspecified atom stereocenters. The summed E-state index contributed by atoms with van der Waals surface area (Å²) in [4.78, 5) is 24.3. The van der Waals surface area contributed by atoms with Crippen molar-refractivity contribution in [3.63, 3.8) is 0 Å². The van der Waals surface area contributed by atoms with Crippen LogP contribution >= 0.6 is 0 Å². The van der Waals surface area contributed by atoms with Crippen molar-refractivity contribution in [3.05, 3.63) is 76.9 Å². The Morgan fingerprint density at radius 2 is 1.57 bits per heavy atom. The first kappa shape index (κ1) is 13.1. The van der Waals surface area contributed by atoms with Crippen LogP contribution < -0.4 is 5.32 Å². The molecule has 4 heteroatoms. The van der Waals surface area contributed by atoms with Crippen LogP contribution in [-0.4, -0.2) is 16.8 Å². The zero-order valence-electron chi connectivity index (χ0n) is 11.2.